The standard InChI is InChI=1S/C11H25NO4S/c1-9(16-5)10(11(2,3)4)12-7-6-8-17(13,14)15/h9-10,12H,6-8H2,1-5H3,(H,13,14,15)/t9?,10-/m1/s1. The van der Waals surface area contributed by atoms with Gasteiger partial charge in [-0.25, -0.2) is 0 Å². The summed E-state index contributed by atoms with van der Waals surface area (Å²) in [4.78, 5) is 0. The van der Waals surface area contributed by atoms with Gasteiger partial charge in [0.1, 0.15) is 0 Å². The van der Waals surface area contributed by atoms with Gasteiger partial charge in [-0.3, -0.25) is 4.55 Å². The van der Waals surface area contributed by atoms with Crippen molar-refractivity contribution in [3.63, 3.8) is 0 Å². The molecule has 17 heavy (non-hydrogen) atoms. The van der Waals surface area contributed by atoms with Gasteiger partial charge in [0.15, 0.2) is 0 Å². The second-order valence-electron chi connectivity index (χ2n) is 5.38. The second-order valence-corrected chi connectivity index (χ2v) is 6.95. The second kappa shape index (κ2) is 6.68. The smallest absolute Gasteiger partial charge is 0.264 e. The molecule has 2 N–H and O–H groups in total. The third-order valence-electron chi connectivity index (χ3n) is 2.72. The van der Waals surface area contributed by atoms with Gasteiger partial charge in [0.2, 0.25) is 0 Å². The lowest BCUT2D eigenvalue weighted by Crippen LogP contribution is -2.48. The van der Waals surface area contributed by atoms with Crippen LogP contribution in [-0.2, 0) is 14.9 Å². The van der Waals surface area contributed by atoms with E-state index in [1.165, 1.54) is 0 Å². The third kappa shape index (κ3) is 7.70. The van der Waals surface area contributed by atoms with Crippen molar-refractivity contribution in [2.24, 2.45) is 5.41 Å². The van der Waals surface area contributed by atoms with Crippen LogP contribution in [-0.4, -0.2) is 44.5 Å². The van der Waals surface area contributed by atoms with Crippen LogP contribution >= 0.6 is 0 Å². The van der Waals surface area contributed by atoms with E-state index in [2.05, 4.69) is 26.1 Å². The number of rotatable bonds is 7. The number of nitrogens with one attached hydrogen (secondary N) is 1. The first-order valence-corrected chi connectivity index (χ1v) is 7.40. The summed E-state index contributed by atoms with van der Waals surface area (Å²) in [6.07, 6.45) is 0.433. The third-order valence-corrected chi connectivity index (χ3v) is 3.52. The molecule has 0 bridgehead atoms. The first-order chi connectivity index (χ1) is 7.58. The molecule has 0 saturated heterocycles. The van der Waals surface area contributed by atoms with E-state index in [4.69, 9.17) is 9.29 Å². The molecule has 0 aromatic heterocycles. The highest BCUT2D eigenvalue weighted by Gasteiger charge is 2.29. The molecule has 2 atom stereocenters. The molecule has 0 saturated carbocycles. The van der Waals surface area contributed by atoms with Crippen LogP contribution in [0.15, 0.2) is 0 Å². The van der Waals surface area contributed by atoms with Crippen molar-refractivity contribution in [1.29, 1.82) is 0 Å². The van der Waals surface area contributed by atoms with Crippen LogP contribution in [0.1, 0.15) is 34.1 Å². The Labute approximate surface area is 105 Å². The molecule has 0 radical (unpaired) electrons. The van der Waals surface area contributed by atoms with Gasteiger partial charge >= 0.3 is 0 Å². The molecule has 0 aliphatic rings. The summed E-state index contributed by atoms with van der Waals surface area (Å²) in [5.41, 5.74) is 0.0213. The van der Waals surface area contributed by atoms with Gasteiger partial charge in [0, 0.05) is 13.2 Å². The van der Waals surface area contributed by atoms with Gasteiger partial charge in [-0.1, -0.05) is 20.8 Å². The fourth-order valence-electron chi connectivity index (χ4n) is 1.82. The van der Waals surface area contributed by atoms with E-state index < -0.39 is 10.1 Å². The van der Waals surface area contributed by atoms with Gasteiger partial charge in [-0.05, 0) is 25.3 Å². The highest BCUT2D eigenvalue weighted by molar-refractivity contribution is 7.85. The monoisotopic (exact) mass is 267 g/mol. The first kappa shape index (κ1) is 16.8. The van der Waals surface area contributed by atoms with E-state index in [1.54, 1.807) is 7.11 Å². The highest BCUT2D eigenvalue weighted by atomic mass is 32.2. The van der Waals surface area contributed by atoms with Gasteiger partial charge in [0.05, 0.1) is 11.9 Å². The molecule has 0 aliphatic carbocycles. The summed E-state index contributed by atoms with van der Waals surface area (Å²) in [5, 5.41) is 3.28. The highest BCUT2D eigenvalue weighted by Crippen LogP contribution is 2.23. The average molecular weight is 267 g/mol. The van der Waals surface area contributed by atoms with Crippen molar-refractivity contribution in [2.75, 3.05) is 19.4 Å². The van der Waals surface area contributed by atoms with Crippen molar-refractivity contribution in [3.8, 4) is 0 Å². The lowest BCUT2D eigenvalue weighted by Gasteiger charge is -2.35. The molecule has 0 aromatic rings. The Morgan fingerprint density at radius 3 is 2.24 bits per heavy atom. The minimum absolute atomic E-state index is 0.0213. The molecule has 0 heterocycles. The fourth-order valence-corrected chi connectivity index (χ4v) is 2.33. The lowest BCUT2D eigenvalue weighted by molar-refractivity contribution is 0.0419. The zero-order valence-corrected chi connectivity index (χ0v) is 12.2. The maximum atomic E-state index is 10.6. The van der Waals surface area contributed by atoms with E-state index in [0.717, 1.165) is 0 Å². The predicted molar refractivity (Wildman–Crippen MR) is 68.7 cm³/mol. The Bertz CT molecular complexity index is 308. The maximum absolute atomic E-state index is 10.6. The minimum Gasteiger partial charge on any atom is -0.380 e. The van der Waals surface area contributed by atoms with Crippen molar-refractivity contribution in [1.82, 2.24) is 5.32 Å². The zero-order chi connectivity index (χ0) is 13.7. The van der Waals surface area contributed by atoms with Crippen molar-refractivity contribution >= 4 is 10.1 Å². The van der Waals surface area contributed by atoms with Crippen LogP contribution in [0, 0.1) is 5.41 Å². The van der Waals surface area contributed by atoms with Crippen LogP contribution in [0.4, 0.5) is 0 Å². The quantitative estimate of drug-likeness (QED) is 0.537. The Morgan fingerprint density at radius 2 is 1.88 bits per heavy atom. The fraction of sp³-hybridized carbons (Fsp3) is 1.00. The Balaban J connectivity index is 4.20. The van der Waals surface area contributed by atoms with E-state index in [0.29, 0.717) is 13.0 Å². The van der Waals surface area contributed by atoms with Crippen molar-refractivity contribution < 1.29 is 17.7 Å². The normalized spacial score (nSPS) is 16.8. The molecule has 0 fully saturated rings. The Kier molecular flexibility index (Phi) is 6.61. The van der Waals surface area contributed by atoms with Gasteiger partial charge in [-0.2, -0.15) is 8.42 Å². The lowest BCUT2D eigenvalue weighted by atomic mass is 9.83. The molecule has 0 amide bonds. The summed E-state index contributed by atoms with van der Waals surface area (Å²) in [6, 6.07) is 0.133. The number of methoxy groups -OCH3 is 1. The van der Waals surface area contributed by atoms with Crippen LogP contribution in [0.2, 0.25) is 0 Å². The largest absolute Gasteiger partial charge is 0.380 e. The SMILES string of the molecule is COC(C)[C@@H](NCCCS(=O)(=O)O)C(C)(C)C. The summed E-state index contributed by atoms with van der Waals surface area (Å²) >= 11 is 0. The van der Waals surface area contributed by atoms with E-state index in [1.807, 2.05) is 6.92 Å². The molecule has 0 spiro atoms. The molecule has 0 aromatic carbocycles. The summed E-state index contributed by atoms with van der Waals surface area (Å²) in [7, 11) is -2.20. The van der Waals surface area contributed by atoms with Crippen molar-refractivity contribution in [2.45, 2.75) is 46.3 Å². The van der Waals surface area contributed by atoms with E-state index in [9.17, 15) is 8.42 Å². The van der Waals surface area contributed by atoms with Crippen LogP contribution in [0.25, 0.3) is 0 Å². The summed E-state index contributed by atoms with van der Waals surface area (Å²) in [6.45, 7) is 8.82. The van der Waals surface area contributed by atoms with Gasteiger partial charge < -0.3 is 10.1 Å². The van der Waals surface area contributed by atoms with E-state index >= 15 is 0 Å². The summed E-state index contributed by atoms with van der Waals surface area (Å²) in [5.74, 6) is -0.210. The van der Waals surface area contributed by atoms with Gasteiger partial charge in [0.25, 0.3) is 10.1 Å². The molecular formula is C11H25NO4S. The molecule has 6 heteroatoms. The Hall–Kier alpha value is -0.170. The number of ether oxygens (including phenoxy) is 1. The summed E-state index contributed by atoms with van der Waals surface area (Å²) < 4.78 is 35.1. The zero-order valence-electron chi connectivity index (χ0n) is 11.4. The first-order valence-electron chi connectivity index (χ1n) is 5.79. The maximum Gasteiger partial charge on any atom is 0.264 e. The molecule has 1 unspecified atom stereocenters. The number of hydrogen-bond donors (Lipinski definition) is 2. The molecule has 104 valence electrons. The molecular weight excluding hydrogens is 242 g/mol. The topological polar surface area (TPSA) is 75.6 Å². The molecule has 5 nitrogen and oxygen atoms in total. The van der Waals surface area contributed by atoms with Crippen LogP contribution in [0.5, 0.6) is 0 Å². The van der Waals surface area contributed by atoms with Crippen molar-refractivity contribution in [3.05, 3.63) is 0 Å². The van der Waals surface area contributed by atoms with Crippen LogP contribution in [0.3, 0.4) is 0 Å². The number of hydrogen-bond acceptors (Lipinski definition) is 4. The average Bonchev–Trinajstić information content (AvgIpc) is 2.13. The predicted octanol–water partition coefficient (Wildman–Crippen LogP) is 1.30. The Morgan fingerprint density at radius 1 is 1.35 bits per heavy atom. The minimum atomic E-state index is -3.85. The van der Waals surface area contributed by atoms with Gasteiger partial charge in [-0.15, -0.1) is 0 Å². The molecule has 0 rings (SSSR count). The van der Waals surface area contributed by atoms with Crippen LogP contribution < -0.4 is 5.32 Å². The van der Waals surface area contributed by atoms with E-state index in [-0.39, 0.29) is 23.3 Å². The molecule has 0 aliphatic heterocycles.